The number of nitro benzene ring substituents is 1. The van der Waals surface area contributed by atoms with Gasteiger partial charge in [0.1, 0.15) is 11.6 Å². The van der Waals surface area contributed by atoms with Crippen LogP contribution in [0.15, 0.2) is 29.1 Å². The summed E-state index contributed by atoms with van der Waals surface area (Å²) in [5.74, 6) is -0.958. The number of morpholine rings is 1. The molecule has 1 aromatic heterocycles. The van der Waals surface area contributed by atoms with Gasteiger partial charge < -0.3 is 19.9 Å². The van der Waals surface area contributed by atoms with Crippen molar-refractivity contribution in [1.82, 2.24) is 9.97 Å². The van der Waals surface area contributed by atoms with Crippen LogP contribution in [0.5, 0.6) is 0 Å². The Hall–Kier alpha value is -3.34. The Morgan fingerprint density at radius 2 is 2.11 bits per heavy atom. The lowest BCUT2D eigenvalue weighted by atomic mass is 10.2. The van der Waals surface area contributed by atoms with Crippen LogP contribution in [-0.4, -0.2) is 47.1 Å². The highest BCUT2D eigenvalue weighted by Crippen LogP contribution is 2.21. The van der Waals surface area contributed by atoms with Gasteiger partial charge in [0.25, 0.3) is 5.56 Å². The van der Waals surface area contributed by atoms with E-state index in [1.165, 1.54) is 12.1 Å². The zero-order valence-corrected chi connectivity index (χ0v) is 14.1. The van der Waals surface area contributed by atoms with E-state index in [0.29, 0.717) is 32.1 Å². The molecule has 11 heteroatoms. The SMILES string of the molecule is O=C(Cc1nc(N2CCOCC2)cc(=O)[nH]1)Nc1ccc(F)c([N+](=O)[O-])c1. The summed E-state index contributed by atoms with van der Waals surface area (Å²) in [7, 11) is 0. The maximum absolute atomic E-state index is 13.4. The smallest absolute Gasteiger partial charge is 0.306 e. The van der Waals surface area contributed by atoms with Crippen molar-refractivity contribution in [2.24, 2.45) is 0 Å². The molecule has 1 aliphatic heterocycles. The number of hydrogen-bond acceptors (Lipinski definition) is 7. The van der Waals surface area contributed by atoms with Gasteiger partial charge in [0.15, 0.2) is 0 Å². The van der Waals surface area contributed by atoms with Gasteiger partial charge in [-0.3, -0.25) is 19.7 Å². The molecular formula is C16H16FN5O5. The topological polar surface area (TPSA) is 130 Å². The molecule has 0 bridgehead atoms. The van der Waals surface area contributed by atoms with E-state index in [1.807, 2.05) is 4.90 Å². The first-order chi connectivity index (χ1) is 12.9. The van der Waals surface area contributed by atoms with E-state index < -0.39 is 27.9 Å². The minimum absolute atomic E-state index is 0.0692. The first-order valence-electron chi connectivity index (χ1n) is 8.09. The number of nitrogens with zero attached hydrogens (tertiary/aromatic N) is 3. The molecule has 1 fully saturated rings. The Bertz CT molecular complexity index is 926. The fraction of sp³-hybridized carbons (Fsp3) is 0.312. The van der Waals surface area contributed by atoms with Gasteiger partial charge in [-0.15, -0.1) is 0 Å². The Labute approximate surface area is 152 Å². The van der Waals surface area contributed by atoms with Gasteiger partial charge in [-0.25, -0.2) is 4.98 Å². The average molecular weight is 377 g/mol. The van der Waals surface area contributed by atoms with Crippen LogP contribution in [0.3, 0.4) is 0 Å². The zero-order chi connectivity index (χ0) is 19.4. The molecule has 2 N–H and O–H groups in total. The molecule has 0 spiro atoms. The van der Waals surface area contributed by atoms with Crippen LogP contribution in [0.2, 0.25) is 0 Å². The van der Waals surface area contributed by atoms with Crippen LogP contribution >= 0.6 is 0 Å². The molecule has 1 aliphatic rings. The van der Waals surface area contributed by atoms with E-state index in [2.05, 4.69) is 15.3 Å². The van der Waals surface area contributed by atoms with Crippen molar-refractivity contribution in [2.45, 2.75) is 6.42 Å². The highest BCUT2D eigenvalue weighted by molar-refractivity contribution is 5.92. The number of hydrogen-bond donors (Lipinski definition) is 2. The summed E-state index contributed by atoms with van der Waals surface area (Å²) in [4.78, 5) is 42.6. The lowest BCUT2D eigenvalue weighted by molar-refractivity contribution is -0.387. The largest absolute Gasteiger partial charge is 0.378 e. The van der Waals surface area contributed by atoms with E-state index >= 15 is 0 Å². The number of aromatic amines is 1. The summed E-state index contributed by atoms with van der Waals surface area (Å²) in [6.45, 7) is 2.21. The number of anilines is 2. The summed E-state index contributed by atoms with van der Waals surface area (Å²) < 4.78 is 18.6. The molecule has 0 atom stereocenters. The number of amides is 1. The molecular weight excluding hydrogens is 361 g/mol. The van der Waals surface area contributed by atoms with Crippen molar-refractivity contribution in [3.05, 3.63) is 56.4 Å². The first kappa shape index (κ1) is 18.5. The molecule has 0 aliphatic carbocycles. The van der Waals surface area contributed by atoms with E-state index in [-0.39, 0.29) is 17.9 Å². The highest BCUT2D eigenvalue weighted by Gasteiger charge is 2.17. The van der Waals surface area contributed by atoms with Gasteiger partial charge >= 0.3 is 5.69 Å². The number of benzene rings is 1. The summed E-state index contributed by atoms with van der Waals surface area (Å²) in [5.41, 5.74) is -1.07. The third kappa shape index (κ3) is 4.64. The molecule has 27 heavy (non-hydrogen) atoms. The van der Waals surface area contributed by atoms with E-state index in [1.54, 1.807) is 0 Å². The van der Waals surface area contributed by atoms with Crippen LogP contribution in [0.4, 0.5) is 21.6 Å². The lowest BCUT2D eigenvalue weighted by Gasteiger charge is -2.27. The molecule has 1 amide bonds. The second kappa shape index (κ2) is 7.91. The van der Waals surface area contributed by atoms with Gasteiger partial charge in [-0.05, 0) is 12.1 Å². The van der Waals surface area contributed by atoms with Gasteiger partial charge in [0.2, 0.25) is 11.7 Å². The molecule has 10 nitrogen and oxygen atoms in total. The van der Waals surface area contributed by atoms with Crippen molar-refractivity contribution in [3.8, 4) is 0 Å². The Balaban J connectivity index is 1.72. The van der Waals surface area contributed by atoms with Crippen molar-refractivity contribution >= 4 is 23.1 Å². The Kier molecular flexibility index (Phi) is 5.41. The number of nitrogens with one attached hydrogen (secondary N) is 2. The Morgan fingerprint density at radius 3 is 2.81 bits per heavy atom. The third-order valence-electron chi connectivity index (χ3n) is 3.87. The quantitative estimate of drug-likeness (QED) is 0.583. The molecule has 1 aromatic carbocycles. The number of nitro groups is 1. The van der Waals surface area contributed by atoms with Gasteiger partial charge in [-0.2, -0.15) is 4.39 Å². The summed E-state index contributed by atoms with van der Waals surface area (Å²) in [6.07, 6.45) is -0.251. The van der Waals surface area contributed by atoms with Crippen molar-refractivity contribution in [3.63, 3.8) is 0 Å². The van der Waals surface area contributed by atoms with Crippen LogP contribution in [0, 0.1) is 15.9 Å². The molecule has 0 unspecified atom stereocenters. The number of ether oxygens (including phenoxy) is 1. The second-order valence-electron chi connectivity index (χ2n) is 5.80. The standard InChI is InChI=1S/C16H16FN5O5/c17-11-2-1-10(7-12(11)22(25)26)18-15(23)8-13-19-14(9-16(24)20-13)21-3-5-27-6-4-21/h1-2,7,9H,3-6,8H2,(H,18,23)(H,19,20,24). The lowest BCUT2D eigenvalue weighted by Crippen LogP contribution is -2.37. The second-order valence-corrected chi connectivity index (χ2v) is 5.80. The normalized spacial score (nSPS) is 14.0. The molecule has 0 saturated carbocycles. The number of carbonyl (C=O) groups excluding carboxylic acids is 1. The summed E-state index contributed by atoms with van der Waals surface area (Å²) in [6, 6.07) is 4.37. The Morgan fingerprint density at radius 1 is 1.37 bits per heavy atom. The van der Waals surface area contributed by atoms with Crippen LogP contribution < -0.4 is 15.8 Å². The monoisotopic (exact) mass is 377 g/mol. The van der Waals surface area contributed by atoms with Crippen LogP contribution in [-0.2, 0) is 16.0 Å². The number of halogens is 1. The molecule has 2 heterocycles. The fourth-order valence-electron chi connectivity index (χ4n) is 2.62. The number of carbonyl (C=O) groups is 1. The van der Waals surface area contributed by atoms with E-state index in [9.17, 15) is 24.1 Å². The third-order valence-corrected chi connectivity index (χ3v) is 3.87. The summed E-state index contributed by atoms with van der Waals surface area (Å²) >= 11 is 0. The molecule has 0 radical (unpaired) electrons. The van der Waals surface area contributed by atoms with E-state index in [0.717, 1.165) is 12.1 Å². The first-order valence-corrected chi connectivity index (χ1v) is 8.09. The van der Waals surface area contributed by atoms with Crippen molar-refractivity contribution in [2.75, 3.05) is 36.5 Å². The summed E-state index contributed by atoms with van der Waals surface area (Å²) in [5, 5.41) is 13.2. The van der Waals surface area contributed by atoms with Gasteiger partial charge in [0, 0.05) is 30.9 Å². The molecule has 1 saturated heterocycles. The van der Waals surface area contributed by atoms with Crippen LogP contribution in [0.25, 0.3) is 0 Å². The van der Waals surface area contributed by atoms with Crippen molar-refractivity contribution < 1.29 is 18.8 Å². The van der Waals surface area contributed by atoms with E-state index in [4.69, 9.17) is 4.74 Å². The van der Waals surface area contributed by atoms with Gasteiger partial charge in [0.05, 0.1) is 24.6 Å². The predicted molar refractivity (Wildman–Crippen MR) is 93.3 cm³/mol. The molecule has 142 valence electrons. The van der Waals surface area contributed by atoms with Crippen LogP contribution in [0.1, 0.15) is 5.82 Å². The average Bonchev–Trinajstić information content (AvgIpc) is 2.63. The molecule has 3 rings (SSSR count). The zero-order valence-electron chi connectivity index (χ0n) is 14.1. The maximum Gasteiger partial charge on any atom is 0.306 e. The minimum atomic E-state index is -0.998. The fourth-order valence-corrected chi connectivity index (χ4v) is 2.62. The molecule has 2 aromatic rings. The number of H-pyrrole nitrogens is 1. The highest BCUT2D eigenvalue weighted by atomic mass is 19.1. The number of aromatic nitrogens is 2. The predicted octanol–water partition coefficient (Wildman–Crippen LogP) is 0.835. The van der Waals surface area contributed by atoms with Crippen molar-refractivity contribution in [1.29, 1.82) is 0 Å². The number of rotatable bonds is 5. The maximum atomic E-state index is 13.4. The van der Waals surface area contributed by atoms with Gasteiger partial charge in [-0.1, -0.05) is 0 Å². The minimum Gasteiger partial charge on any atom is -0.378 e.